The SMILES string of the molecule is CCCCOC(=O)CS(=O)(=O)c1ccc(N2C(=O)c3cccc4c(CCCC)ccc(c34)C2=O)cc1. The average Bonchev–Trinajstić information content (AvgIpc) is 2.86. The molecule has 0 saturated carbocycles. The van der Waals surface area contributed by atoms with E-state index < -0.39 is 33.4 Å². The third-order valence-corrected chi connectivity index (χ3v) is 7.93. The first-order valence-electron chi connectivity index (χ1n) is 12.2. The van der Waals surface area contributed by atoms with E-state index in [4.69, 9.17) is 4.74 Å². The maximum atomic E-state index is 13.4. The fraction of sp³-hybridized carbons (Fsp3) is 0.321. The molecule has 0 fully saturated rings. The number of hydrogen-bond acceptors (Lipinski definition) is 6. The van der Waals surface area contributed by atoms with Gasteiger partial charge in [-0.05, 0) is 66.6 Å². The number of esters is 1. The molecule has 7 nitrogen and oxygen atoms in total. The minimum absolute atomic E-state index is 0.0846. The fourth-order valence-corrected chi connectivity index (χ4v) is 5.50. The van der Waals surface area contributed by atoms with Crippen molar-refractivity contribution in [2.24, 2.45) is 0 Å². The number of carbonyl (C=O) groups excluding carboxylic acids is 3. The largest absolute Gasteiger partial charge is 0.465 e. The summed E-state index contributed by atoms with van der Waals surface area (Å²) in [4.78, 5) is 39.7. The number of imide groups is 1. The Kier molecular flexibility index (Phi) is 7.54. The van der Waals surface area contributed by atoms with Crippen molar-refractivity contribution >= 4 is 44.1 Å². The first-order valence-corrected chi connectivity index (χ1v) is 13.9. The number of ether oxygens (including phenoxy) is 1. The van der Waals surface area contributed by atoms with Crippen molar-refractivity contribution in [3.05, 3.63) is 71.3 Å². The van der Waals surface area contributed by atoms with Gasteiger partial charge >= 0.3 is 5.97 Å². The maximum Gasteiger partial charge on any atom is 0.321 e. The molecule has 0 saturated heterocycles. The van der Waals surface area contributed by atoms with Crippen LogP contribution in [0.2, 0.25) is 0 Å². The molecule has 0 unspecified atom stereocenters. The highest BCUT2D eigenvalue weighted by Gasteiger charge is 2.34. The second kappa shape index (κ2) is 10.6. The summed E-state index contributed by atoms with van der Waals surface area (Å²) >= 11 is 0. The fourth-order valence-electron chi connectivity index (χ4n) is 4.39. The molecule has 1 aliphatic rings. The number of aryl methyl sites for hydroxylation is 1. The molecule has 1 heterocycles. The maximum absolute atomic E-state index is 13.4. The highest BCUT2D eigenvalue weighted by Crippen LogP contribution is 2.35. The Bertz CT molecular complexity index is 1400. The van der Waals surface area contributed by atoms with Crippen LogP contribution < -0.4 is 4.90 Å². The van der Waals surface area contributed by atoms with E-state index >= 15 is 0 Å². The van der Waals surface area contributed by atoms with Crippen LogP contribution in [-0.4, -0.2) is 38.6 Å². The first kappa shape index (κ1) is 25.6. The van der Waals surface area contributed by atoms with E-state index in [1.165, 1.54) is 24.3 Å². The zero-order chi connectivity index (χ0) is 25.9. The Hall–Kier alpha value is -3.52. The lowest BCUT2D eigenvalue weighted by atomic mass is 9.89. The molecule has 0 aliphatic carbocycles. The van der Waals surface area contributed by atoms with Crippen molar-refractivity contribution in [1.82, 2.24) is 0 Å². The average molecular weight is 508 g/mol. The third-order valence-electron chi connectivity index (χ3n) is 6.32. The van der Waals surface area contributed by atoms with E-state index in [1.807, 2.05) is 25.1 Å². The van der Waals surface area contributed by atoms with Gasteiger partial charge in [-0.25, -0.2) is 13.3 Å². The lowest BCUT2D eigenvalue weighted by molar-refractivity contribution is -0.140. The van der Waals surface area contributed by atoms with Crippen molar-refractivity contribution in [2.75, 3.05) is 17.3 Å². The van der Waals surface area contributed by atoms with Crippen LogP contribution in [0.5, 0.6) is 0 Å². The van der Waals surface area contributed by atoms with Gasteiger partial charge in [0.2, 0.25) is 0 Å². The summed E-state index contributed by atoms with van der Waals surface area (Å²) in [7, 11) is -3.93. The van der Waals surface area contributed by atoms with E-state index in [-0.39, 0.29) is 17.2 Å². The smallest absolute Gasteiger partial charge is 0.321 e. The van der Waals surface area contributed by atoms with Crippen LogP contribution in [-0.2, 0) is 25.8 Å². The Labute approximate surface area is 211 Å². The molecular formula is C28H29NO6S. The van der Waals surface area contributed by atoms with Gasteiger partial charge in [0, 0.05) is 16.5 Å². The van der Waals surface area contributed by atoms with Gasteiger partial charge in [0.1, 0.15) is 0 Å². The molecule has 36 heavy (non-hydrogen) atoms. The van der Waals surface area contributed by atoms with Crippen molar-refractivity contribution in [3.8, 4) is 0 Å². The van der Waals surface area contributed by atoms with Gasteiger partial charge in [-0.1, -0.05) is 44.9 Å². The summed E-state index contributed by atoms with van der Waals surface area (Å²) in [5, 5.41) is 1.57. The lowest BCUT2D eigenvalue weighted by Gasteiger charge is -2.28. The first-order chi connectivity index (χ1) is 17.3. The summed E-state index contributed by atoms with van der Waals surface area (Å²) in [6.07, 6.45) is 4.41. The van der Waals surface area contributed by atoms with Crippen molar-refractivity contribution in [1.29, 1.82) is 0 Å². The monoisotopic (exact) mass is 507 g/mol. The van der Waals surface area contributed by atoms with Crippen LogP contribution in [0, 0.1) is 0 Å². The topological polar surface area (TPSA) is 97.8 Å². The van der Waals surface area contributed by atoms with E-state index in [0.717, 1.165) is 41.5 Å². The summed E-state index contributed by atoms with van der Waals surface area (Å²) in [5.74, 6) is -2.49. The number of unbranched alkanes of at least 4 members (excludes halogenated alkanes) is 2. The molecule has 3 aromatic carbocycles. The summed E-state index contributed by atoms with van der Waals surface area (Å²) in [5.41, 5.74) is 2.24. The standard InChI is InChI=1S/C28H29NO6S/c1-3-5-8-19-11-16-24-26-22(19)9-7-10-23(26)27(31)29(28(24)32)20-12-14-21(15-13-20)36(33,34)18-25(30)35-17-6-4-2/h7,9-16H,3-6,8,17-18H2,1-2H3. The number of nitrogens with zero attached hydrogens (tertiary/aromatic N) is 1. The van der Waals surface area contributed by atoms with Crippen molar-refractivity contribution in [3.63, 3.8) is 0 Å². The molecule has 1 aliphatic heterocycles. The van der Waals surface area contributed by atoms with Gasteiger partial charge in [-0.2, -0.15) is 0 Å². The Morgan fingerprint density at radius 2 is 1.53 bits per heavy atom. The van der Waals surface area contributed by atoms with E-state index in [2.05, 4.69) is 6.92 Å². The minimum atomic E-state index is -3.93. The molecule has 0 N–H and O–H groups in total. The summed E-state index contributed by atoms with van der Waals surface area (Å²) in [6.45, 7) is 4.23. The number of anilines is 1. The predicted octanol–water partition coefficient (Wildman–Crippen LogP) is 5.10. The number of sulfone groups is 1. The van der Waals surface area contributed by atoms with E-state index in [0.29, 0.717) is 22.9 Å². The van der Waals surface area contributed by atoms with Crippen LogP contribution in [0.15, 0.2) is 59.5 Å². The molecule has 188 valence electrons. The molecule has 0 spiro atoms. The second-order valence-corrected chi connectivity index (χ2v) is 10.9. The van der Waals surface area contributed by atoms with Crippen molar-refractivity contribution < 1.29 is 27.5 Å². The quantitative estimate of drug-likeness (QED) is 0.215. The molecule has 0 radical (unpaired) electrons. The number of rotatable bonds is 10. The van der Waals surface area contributed by atoms with Crippen molar-refractivity contribution in [2.45, 2.75) is 50.8 Å². The van der Waals surface area contributed by atoms with Gasteiger partial charge in [-0.3, -0.25) is 14.4 Å². The van der Waals surface area contributed by atoms with Gasteiger partial charge in [0.25, 0.3) is 11.8 Å². The molecule has 4 rings (SSSR count). The van der Waals surface area contributed by atoms with Crippen LogP contribution in [0.1, 0.15) is 65.8 Å². The summed E-state index contributed by atoms with van der Waals surface area (Å²) in [6, 6.07) is 14.6. The number of carbonyl (C=O) groups is 3. The van der Waals surface area contributed by atoms with Gasteiger partial charge in [0.05, 0.1) is 17.2 Å². The molecule has 3 aromatic rings. The lowest BCUT2D eigenvalue weighted by Crippen LogP contribution is -2.40. The normalized spacial score (nSPS) is 13.3. The van der Waals surface area contributed by atoms with Crippen LogP contribution in [0.3, 0.4) is 0 Å². The molecule has 0 aromatic heterocycles. The highest BCUT2D eigenvalue weighted by atomic mass is 32.2. The molecular weight excluding hydrogens is 478 g/mol. The number of amides is 2. The molecule has 2 amide bonds. The molecule has 8 heteroatoms. The number of hydrogen-bond donors (Lipinski definition) is 0. The van der Waals surface area contributed by atoms with Crippen LogP contribution >= 0.6 is 0 Å². The molecule has 0 atom stereocenters. The molecule has 0 bridgehead atoms. The Balaban J connectivity index is 1.62. The summed E-state index contributed by atoms with van der Waals surface area (Å²) < 4.78 is 30.2. The predicted molar refractivity (Wildman–Crippen MR) is 138 cm³/mol. The van der Waals surface area contributed by atoms with Gasteiger partial charge in [0.15, 0.2) is 15.6 Å². The van der Waals surface area contributed by atoms with Gasteiger partial charge < -0.3 is 4.74 Å². The Morgan fingerprint density at radius 3 is 2.19 bits per heavy atom. The zero-order valence-electron chi connectivity index (χ0n) is 20.5. The van der Waals surface area contributed by atoms with Crippen LogP contribution in [0.25, 0.3) is 10.8 Å². The van der Waals surface area contributed by atoms with E-state index in [1.54, 1.807) is 12.1 Å². The third kappa shape index (κ3) is 4.91. The van der Waals surface area contributed by atoms with E-state index in [9.17, 15) is 22.8 Å². The zero-order valence-corrected chi connectivity index (χ0v) is 21.3. The van der Waals surface area contributed by atoms with Gasteiger partial charge in [-0.15, -0.1) is 0 Å². The minimum Gasteiger partial charge on any atom is -0.465 e. The Morgan fingerprint density at radius 1 is 0.861 bits per heavy atom. The highest BCUT2D eigenvalue weighted by molar-refractivity contribution is 7.92. The second-order valence-electron chi connectivity index (χ2n) is 8.88. The number of benzene rings is 3. The van der Waals surface area contributed by atoms with Crippen LogP contribution in [0.4, 0.5) is 5.69 Å².